The highest BCUT2D eigenvalue weighted by Gasteiger charge is 2.27. The van der Waals surface area contributed by atoms with Gasteiger partial charge in [0.1, 0.15) is 0 Å². The van der Waals surface area contributed by atoms with Crippen LogP contribution in [0.15, 0.2) is 17.1 Å². The number of thioether (sulfide) groups is 1. The van der Waals surface area contributed by atoms with Gasteiger partial charge >= 0.3 is 0 Å². The van der Waals surface area contributed by atoms with E-state index in [0.29, 0.717) is 0 Å². The Morgan fingerprint density at radius 2 is 2.12 bits per heavy atom. The standard InChI is InChI=1S/C21H31N3OS/c1-16-6-7-19-18(17(16)2)8-12-24(20(19)25)11-5-10-23(4)13-9-21(3)14-26-15-22-21/h6-7,15H,5,8-14H2,1-4H3. The summed E-state index contributed by atoms with van der Waals surface area (Å²) in [5.41, 5.74) is 6.84. The summed E-state index contributed by atoms with van der Waals surface area (Å²) in [4.78, 5) is 21.8. The molecule has 0 bridgehead atoms. The lowest BCUT2D eigenvalue weighted by Crippen LogP contribution is -2.39. The summed E-state index contributed by atoms with van der Waals surface area (Å²) in [6, 6.07) is 4.09. The van der Waals surface area contributed by atoms with Crippen LogP contribution in [0.4, 0.5) is 0 Å². The molecular formula is C21H31N3OS. The lowest BCUT2D eigenvalue weighted by molar-refractivity contribution is 0.0732. The highest BCUT2D eigenvalue weighted by molar-refractivity contribution is 8.12. The molecule has 1 aromatic rings. The van der Waals surface area contributed by atoms with Crippen molar-refractivity contribution in [1.29, 1.82) is 0 Å². The van der Waals surface area contributed by atoms with Crippen molar-refractivity contribution in [2.75, 3.05) is 39.0 Å². The molecule has 0 saturated heterocycles. The van der Waals surface area contributed by atoms with E-state index in [0.717, 1.165) is 56.8 Å². The van der Waals surface area contributed by atoms with Crippen molar-refractivity contribution in [2.45, 2.75) is 45.6 Å². The maximum absolute atomic E-state index is 12.8. The molecule has 0 aliphatic carbocycles. The molecule has 1 amide bonds. The second-order valence-corrected chi connectivity index (χ2v) is 8.86. The number of aliphatic imine (C=N–C) groups is 1. The molecule has 0 spiro atoms. The average molecular weight is 374 g/mol. The summed E-state index contributed by atoms with van der Waals surface area (Å²) >= 11 is 1.81. The maximum atomic E-state index is 12.8. The van der Waals surface area contributed by atoms with E-state index in [-0.39, 0.29) is 11.4 Å². The predicted octanol–water partition coefficient (Wildman–Crippen LogP) is 3.55. The van der Waals surface area contributed by atoms with Crippen molar-refractivity contribution >= 4 is 23.2 Å². The molecule has 2 heterocycles. The Bertz CT molecular complexity index is 703. The molecule has 0 saturated carbocycles. The molecule has 0 fully saturated rings. The van der Waals surface area contributed by atoms with Gasteiger partial charge in [0, 0.05) is 31.0 Å². The van der Waals surface area contributed by atoms with E-state index >= 15 is 0 Å². The van der Waals surface area contributed by atoms with Gasteiger partial charge in [-0.1, -0.05) is 6.07 Å². The van der Waals surface area contributed by atoms with Crippen LogP contribution in [0.2, 0.25) is 0 Å². The van der Waals surface area contributed by atoms with Gasteiger partial charge in [-0.05, 0) is 76.4 Å². The Balaban J connectivity index is 1.46. The third kappa shape index (κ3) is 4.32. The Kier molecular flexibility index (Phi) is 6.08. The minimum Gasteiger partial charge on any atom is -0.338 e. The molecule has 0 N–H and O–H groups in total. The summed E-state index contributed by atoms with van der Waals surface area (Å²) in [7, 11) is 2.18. The van der Waals surface area contributed by atoms with Crippen molar-refractivity contribution in [2.24, 2.45) is 4.99 Å². The smallest absolute Gasteiger partial charge is 0.254 e. The van der Waals surface area contributed by atoms with E-state index in [1.807, 2.05) is 28.3 Å². The third-order valence-corrected chi connectivity index (χ3v) is 6.89. The lowest BCUT2D eigenvalue weighted by atomic mass is 9.91. The summed E-state index contributed by atoms with van der Waals surface area (Å²) < 4.78 is 0. The zero-order valence-corrected chi connectivity index (χ0v) is 17.4. The zero-order valence-electron chi connectivity index (χ0n) is 16.5. The van der Waals surface area contributed by atoms with Crippen LogP contribution in [0.25, 0.3) is 0 Å². The molecule has 4 nitrogen and oxygen atoms in total. The molecule has 5 heteroatoms. The van der Waals surface area contributed by atoms with Crippen molar-refractivity contribution in [1.82, 2.24) is 9.80 Å². The Labute approximate surface area is 162 Å². The minimum absolute atomic E-state index is 0.113. The van der Waals surface area contributed by atoms with Crippen LogP contribution in [-0.4, -0.2) is 65.8 Å². The van der Waals surface area contributed by atoms with Crippen LogP contribution in [0.5, 0.6) is 0 Å². The number of fused-ring (bicyclic) bond motifs is 1. The van der Waals surface area contributed by atoms with Gasteiger partial charge < -0.3 is 9.80 Å². The third-order valence-electron chi connectivity index (χ3n) is 5.85. The normalized spacial score (nSPS) is 22.3. The summed E-state index contributed by atoms with van der Waals surface area (Å²) in [5, 5.41) is 0. The van der Waals surface area contributed by atoms with Gasteiger partial charge in [-0.25, -0.2) is 0 Å². The molecule has 142 valence electrons. The van der Waals surface area contributed by atoms with Gasteiger partial charge in [-0.2, -0.15) is 0 Å². The van der Waals surface area contributed by atoms with E-state index in [4.69, 9.17) is 0 Å². The number of nitrogens with zero attached hydrogens (tertiary/aromatic N) is 3. The van der Waals surface area contributed by atoms with E-state index in [9.17, 15) is 4.79 Å². The molecule has 2 aliphatic heterocycles. The second-order valence-electron chi connectivity index (χ2n) is 8.03. The monoisotopic (exact) mass is 373 g/mol. The average Bonchev–Trinajstić information content (AvgIpc) is 3.05. The van der Waals surface area contributed by atoms with Gasteiger partial charge in [0.05, 0.1) is 11.1 Å². The van der Waals surface area contributed by atoms with Crippen LogP contribution in [-0.2, 0) is 6.42 Å². The summed E-state index contributed by atoms with van der Waals surface area (Å²) in [6.07, 6.45) is 3.11. The highest BCUT2D eigenvalue weighted by Crippen LogP contribution is 2.27. The van der Waals surface area contributed by atoms with Gasteiger partial charge in [0.2, 0.25) is 0 Å². The van der Waals surface area contributed by atoms with Crippen LogP contribution >= 0.6 is 11.8 Å². The quantitative estimate of drug-likeness (QED) is 0.733. The second kappa shape index (κ2) is 8.13. The first-order valence-corrected chi connectivity index (χ1v) is 10.7. The first kappa shape index (κ1) is 19.4. The molecule has 1 atom stereocenters. The molecule has 26 heavy (non-hydrogen) atoms. The SMILES string of the molecule is Cc1ccc2c(c1C)CCN(CCCN(C)CCC1(C)CSC=N1)C2=O. The maximum Gasteiger partial charge on any atom is 0.254 e. The van der Waals surface area contributed by atoms with Crippen molar-refractivity contribution in [3.63, 3.8) is 0 Å². The topological polar surface area (TPSA) is 35.9 Å². The molecule has 1 aromatic carbocycles. The fourth-order valence-corrected chi connectivity index (χ4v) is 4.74. The fourth-order valence-electron chi connectivity index (χ4n) is 3.76. The van der Waals surface area contributed by atoms with Crippen molar-refractivity contribution < 1.29 is 4.79 Å². The fraction of sp³-hybridized carbons (Fsp3) is 0.619. The zero-order chi connectivity index (χ0) is 18.7. The first-order valence-electron chi connectivity index (χ1n) is 9.62. The number of benzene rings is 1. The van der Waals surface area contributed by atoms with Gasteiger partial charge in [-0.15, -0.1) is 11.8 Å². The van der Waals surface area contributed by atoms with E-state index in [1.165, 1.54) is 16.7 Å². The summed E-state index contributed by atoms with van der Waals surface area (Å²) in [5.74, 6) is 1.31. The van der Waals surface area contributed by atoms with Crippen molar-refractivity contribution in [3.05, 3.63) is 34.4 Å². The number of hydrogen-bond donors (Lipinski definition) is 0. The van der Waals surface area contributed by atoms with E-state index < -0.39 is 0 Å². The molecular weight excluding hydrogens is 342 g/mol. The predicted molar refractivity (Wildman–Crippen MR) is 112 cm³/mol. The van der Waals surface area contributed by atoms with Crippen LogP contribution in [0, 0.1) is 13.8 Å². The number of rotatable bonds is 7. The highest BCUT2D eigenvalue weighted by atomic mass is 32.2. The van der Waals surface area contributed by atoms with Crippen LogP contribution < -0.4 is 0 Å². The van der Waals surface area contributed by atoms with E-state index in [1.54, 1.807) is 0 Å². The number of carbonyl (C=O) groups excluding carboxylic acids is 1. The molecule has 0 radical (unpaired) electrons. The number of aryl methyl sites for hydroxylation is 1. The number of hydrogen-bond acceptors (Lipinski definition) is 4. The Morgan fingerprint density at radius 3 is 2.85 bits per heavy atom. The first-order chi connectivity index (χ1) is 12.4. The number of carbonyl (C=O) groups is 1. The summed E-state index contributed by atoms with van der Waals surface area (Å²) in [6.45, 7) is 10.3. The minimum atomic E-state index is 0.113. The lowest BCUT2D eigenvalue weighted by Gasteiger charge is -2.31. The molecule has 0 aromatic heterocycles. The van der Waals surface area contributed by atoms with Crippen LogP contribution in [0.1, 0.15) is 46.8 Å². The Morgan fingerprint density at radius 1 is 1.31 bits per heavy atom. The van der Waals surface area contributed by atoms with Gasteiger partial charge in [0.15, 0.2) is 0 Å². The van der Waals surface area contributed by atoms with Gasteiger partial charge in [0.25, 0.3) is 5.91 Å². The van der Waals surface area contributed by atoms with E-state index in [2.05, 4.69) is 43.8 Å². The Hall–Kier alpha value is -1.33. The molecule has 2 aliphatic rings. The molecule has 1 unspecified atom stereocenters. The van der Waals surface area contributed by atoms with Crippen molar-refractivity contribution in [3.8, 4) is 0 Å². The molecule has 3 rings (SSSR count). The van der Waals surface area contributed by atoms with Gasteiger partial charge in [-0.3, -0.25) is 9.79 Å². The van der Waals surface area contributed by atoms with Crippen LogP contribution in [0.3, 0.4) is 0 Å². The number of amides is 1. The largest absolute Gasteiger partial charge is 0.338 e.